The van der Waals surface area contributed by atoms with Gasteiger partial charge < -0.3 is 4.74 Å². The molecule has 0 aromatic heterocycles. The second-order valence-electron chi connectivity index (χ2n) is 4.84. The van der Waals surface area contributed by atoms with Gasteiger partial charge in [-0.1, -0.05) is 36.3 Å². The molecule has 1 aliphatic heterocycles. The number of nitrogens with one attached hydrogen (secondary N) is 1. The van der Waals surface area contributed by atoms with Crippen LogP contribution in [-0.2, 0) is 4.74 Å². The van der Waals surface area contributed by atoms with Crippen LogP contribution in [0.3, 0.4) is 0 Å². The second kappa shape index (κ2) is 7.20. The van der Waals surface area contributed by atoms with Crippen LogP contribution < -0.4 is 5.32 Å². The quantitative estimate of drug-likeness (QED) is 0.803. The summed E-state index contributed by atoms with van der Waals surface area (Å²) in [5.41, 5.74) is 1.33. The first kappa shape index (κ1) is 13.1. The molecule has 2 rings (SSSR count). The molecule has 1 aromatic carbocycles. The van der Waals surface area contributed by atoms with Gasteiger partial charge in [0.2, 0.25) is 0 Å². The Morgan fingerprint density at radius 3 is 2.67 bits per heavy atom. The molecular weight excluding hydrogens is 222 g/mol. The number of hydrogen-bond donors (Lipinski definition) is 1. The Morgan fingerprint density at radius 2 is 2.00 bits per heavy atom. The number of ether oxygens (including phenoxy) is 1. The van der Waals surface area contributed by atoms with E-state index in [0.29, 0.717) is 12.6 Å². The van der Waals surface area contributed by atoms with Gasteiger partial charge in [-0.15, -0.1) is 6.42 Å². The SMILES string of the molecule is C#CCN[C@@H](CC1CCOCC1)c1ccccc1. The summed E-state index contributed by atoms with van der Waals surface area (Å²) in [6.07, 6.45) is 8.84. The Morgan fingerprint density at radius 1 is 1.28 bits per heavy atom. The van der Waals surface area contributed by atoms with Crippen molar-refractivity contribution >= 4 is 0 Å². The highest BCUT2D eigenvalue weighted by molar-refractivity contribution is 5.19. The highest BCUT2D eigenvalue weighted by atomic mass is 16.5. The van der Waals surface area contributed by atoms with E-state index in [-0.39, 0.29) is 0 Å². The maximum atomic E-state index is 5.42. The van der Waals surface area contributed by atoms with E-state index in [0.717, 1.165) is 25.6 Å². The minimum atomic E-state index is 0.366. The van der Waals surface area contributed by atoms with E-state index in [9.17, 15) is 0 Å². The number of hydrogen-bond acceptors (Lipinski definition) is 2. The van der Waals surface area contributed by atoms with Crippen LogP contribution in [0.5, 0.6) is 0 Å². The van der Waals surface area contributed by atoms with E-state index in [4.69, 9.17) is 11.2 Å². The van der Waals surface area contributed by atoms with Gasteiger partial charge in [-0.05, 0) is 30.7 Å². The molecule has 0 amide bonds. The van der Waals surface area contributed by atoms with Crippen molar-refractivity contribution in [1.29, 1.82) is 0 Å². The van der Waals surface area contributed by atoms with Gasteiger partial charge in [-0.3, -0.25) is 5.32 Å². The third-order valence-corrected chi connectivity index (χ3v) is 3.56. The third kappa shape index (κ3) is 3.87. The largest absolute Gasteiger partial charge is 0.381 e. The molecule has 2 nitrogen and oxygen atoms in total. The smallest absolute Gasteiger partial charge is 0.0578 e. The Balaban J connectivity index is 1.98. The van der Waals surface area contributed by atoms with Crippen LogP contribution in [0.1, 0.15) is 30.9 Å². The van der Waals surface area contributed by atoms with Crippen molar-refractivity contribution in [3.8, 4) is 12.3 Å². The normalized spacial score (nSPS) is 18.2. The molecule has 1 aliphatic rings. The molecule has 0 aliphatic carbocycles. The van der Waals surface area contributed by atoms with Crippen LogP contribution in [-0.4, -0.2) is 19.8 Å². The summed E-state index contributed by atoms with van der Waals surface area (Å²) in [6, 6.07) is 10.9. The fraction of sp³-hybridized carbons (Fsp3) is 0.500. The predicted molar refractivity (Wildman–Crippen MR) is 74.2 cm³/mol. The molecule has 2 heteroatoms. The fourth-order valence-electron chi connectivity index (χ4n) is 2.52. The molecule has 0 radical (unpaired) electrons. The average Bonchev–Trinajstić information content (AvgIpc) is 2.45. The molecule has 1 fully saturated rings. The van der Waals surface area contributed by atoms with Crippen LogP contribution >= 0.6 is 0 Å². The van der Waals surface area contributed by atoms with Crippen molar-refractivity contribution in [1.82, 2.24) is 5.32 Å². The fourth-order valence-corrected chi connectivity index (χ4v) is 2.52. The van der Waals surface area contributed by atoms with Gasteiger partial charge in [0.05, 0.1) is 6.54 Å². The maximum Gasteiger partial charge on any atom is 0.0578 e. The molecule has 1 aromatic rings. The minimum absolute atomic E-state index is 0.366. The molecule has 0 spiro atoms. The van der Waals surface area contributed by atoms with Crippen molar-refractivity contribution in [3.63, 3.8) is 0 Å². The van der Waals surface area contributed by atoms with Gasteiger partial charge in [0.1, 0.15) is 0 Å². The van der Waals surface area contributed by atoms with E-state index in [1.54, 1.807) is 0 Å². The molecule has 18 heavy (non-hydrogen) atoms. The van der Waals surface area contributed by atoms with Crippen LogP contribution in [0, 0.1) is 18.3 Å². The topological polar surface area (TPSA) is 21.3 Å². The van der Waals surface area contributed by atoms with Gasteiger partial charge in [0, 0.05) is 19.3 Å². The summed E-state index contributed by atoms with van der Waals surface area (Å²) in [5.74, 6) is 3.41. The Hall–Kier alpha value is -1.30. The van der Waals surface area contributed by atoms with Crippen molar-refractivity contribution in [2.24, 2.45) is 5.92 Å². The lowest BCUT2D eigenvalue weighted by molar-refractivity contribution is 0.0606. The molecule has 1 heterocycles. The molecular formula is C16H21NO. The van der Waals surface area contributed by atoms with E-state index < -0.39 is 0 Å². The summed E-state index contributed by atoms with van der Waals surface area (Å²) in [6.45, 7) is 2.44. The van der Waals surface area contributed by atoms with Crippen LogP contribution in [0.2, 0.25) is 0 Å². The van der Waals surface area contributed by atoms with E-state index >= 15 is 0 Å². The Kier molecular flexibility index (Phi) is 5.26. The van der Waals surface area contributed by atoms with Gasteiger partial charge in [0.25, 0.3) is 0 Å². The predicted octanol–water partition coefficient (Wildman–Crippen LogP) is 2.77. The highest BCUT2D eigenvalue weighted by Crippen LogP contribution is 2.27. The van der Waals surface area contributed by atoms with Crippen molar-refractivity contribution in [2.45, 2.75) is 25.3 Å². The van der Waals surface area contributed by atoms with E-state index in [1.165, 1.54) is 18.4 Å². The second-order valence-corrected chi connectivity index (χ2v) is 4.84. The lowest BCUT2D eigenvalue weighted by Gasteiger charge is -2.27. The summed E-state index contributed by atoms with van der Waals surface area (Å²) in [4.78, 5) is 0. The van der Waals surface area contributed by atoms with E-state index in [1.807, 2.05) is 0 Å². The Bertz CT molecular complexity index is 376. The van der Waals surface area contributed by atoms with Crippen molar-refractivity contribution in [2.75, 3.05) is 19.8 Å². The summed E-state index contributed by atoms with van der Waals surface area (Å²) < 4.78 is 5.42. The molecule has 0 unspecified atom stereocenters. The van der Waals surface area contributed by atoms with E-state index in [2.05, 4.69) is 41.6 Å². The zero-order chi connectivity index (χ0) is 12.6. The molecule has 1 atom stereocenters. The molecule has 96 valence electrons. The van der Waals surface area contributed by atoms with Crippen LogP contribution in [0.15, 0.2) is 30.3 Å². The first-order chi connectivity index (χ1) is 8.90. The number of benzene rings is 1. The summed E-state index contributed by atoms with van der Waals surface area (Å²) in [5, 5.41) is 3.46. The van der Waals surface area contributed by atoms with Gasteiger partial charge in [0.15, 0.2) is 0 Å². The first-order valence-corrected chi connectivity index (χ1v) is 6.69. The molecule has 1 N–H and O–H groups in total. The number of rotatable bonds is 5. The highest BCUT2D eigenvalue weighted by Gasteiger charge is 2.19. The van der Waals surface area contributed by atoms with Gasteiger partial charge >= 0.3 is 0 Å². The lowest BCUT2D eigenvalue weighted by atomic mass is 9.89. The third-order valence-electron chi connectivity index (χ3n) is 3.56. The molecule has 0 saturated carbocycles. The summed E-state index contributed by atoms with van der Waals surface area (Å²) in [7, 11) is 0. The number of terminal acetylenes is 1. The zero-order valence-electron chi connectivity index (χ0n) is 10.8. The van der Waals surface area contributed by atoms with Gasteiger partial charge in [-0.25, -0.2) is 0 Å². The minimum Gasteiger partial charge on any atom is -0.381 e. The monoisotopic (exact) mass is 243 g/mol. The van der Waals surface area contributed by atoms with Crippen molar-refractivity contribution in [3.05, 3.63) is 35.9 Å². The van der Waals surface area contributed by atoms with Crippen molar-refractivity contribution < 1.29 is 4.74 Å². The average molecular weight is 243 g/mol. The summed E-state index contributed by atoms with van der Waals surface area (Å²) >= 11 is 0. The maximum absolute atomic E-state index is 5.42. The van der Waals surface area contributed by atoms with Crippen LogP contribution in [0.25, 0.3) is 0 Å². The Labute approximate surface area is 110 Å². The van der Waals surface area contributed by atoms with Crippen LogP contribution in [0.4, 0.5) is 0 Å². The standard InChI is InChI=1S/C16H21NO/c1-2-10-17-16(15-6-4-3-5-7-15)13-14-8-11-18-12-9-14/h1,3-7,14,16-17H,8-13H2/t16-/m0/s1. The zero-order valence-corrected chi connectivity index (χ0v) is 10.8. The molecule has 1 saturated heterocycles. The first-order valence-electron chi connectivity index (χ1n) is 6.69. The van der Waals surface area contributed by atoms with Gasteiger partial charge in [-0.2, -0.15) is 0 Å². The molecule has 0 bridgehead atoms. The lowest BCUT2D eigenvalue weighted by Crippen LogP contribution is -2.26.